The van der Waals surface area contributed by atoms with Gasteiger partial charge in [0.25, 0.3) is 0 Å². The summed E-state index contributed by atoms with van der Waals surface area (Å²) >= 11 is 0. The van der Waals surface area contributed by atoms with Crippen LogP contribution in [0.2, 0.25) is 0 Å². The van der Waals surface area contributed by atoms with E-state index < -0.39 is 40.0 Å². The number of ether oxygens (including phenoxy) is 1. The molecule has 1 N–H and O–H groups in total. The van der Waals surface area contributed by atoms with Crippen molar-refractivity contribution in [1.29, 1.82) is 0 Å². The number of carbonyl (C=O) groups excluding carboxylic acids is 1. The van der Waals surface area contributed by atoms with Gasteiger partial charge in [0.15, 0.2) is 0 Å². The number of para-hydroxylation sites is 2. The molecule has 0 radical (unpaired) electrons. The van der Waals surface area contributed by atoms with Gasteiger partial charge in [-0.1, -0.05) is 37.3 Å². The molecule has 2 rings (SSSR count). The molecule has 0 atom stereocenters. The van der Waals surface area contributed by atoms with Gasteiger partial charge in [0, 0.05) is 6.54 Å². The Labute approximate surface area is 173 Å². The molecule has 0 spiro atoms. The number of anilines is 1. The molecular weight excluding hydrogens is 421 g/mol. The van der Waals surface area contributed by atoms with E-state index in [2.05, 4.69) is 5.32 Å². The first-order chi connectivity index (χ1) is 14.1. The quantitative estimate of drug-likeness (QED) is 0.637. The Morgan fingerprint density at radius 1 is 1.13 bits per heavy atom. The molecule has 0 saturated carbocycles. The molecule has 30 heavy (non-hydrogen) atoms. The maximum absolute atomic E-state index is 12.9. The molecule has 1 amide bonds. The van der Waals surface area contributed by atoms with Gasteiger partial charge in [0.1, 0.15) is 5.75 Å². The number of methoxy groups -OCH3 is 1. The number of carbonyl (C=O) groups is 1. The van der Waals surface area contributed by atoms with Gasteiger partial charge in [-0.3, -0.25) is 4.79 Å². The third-order valence-electron chi connectivity index (χ3n) is 4.17. The minimum absolute atomic E-state index is 0.00364. The van der Waals surface area contributed by atoms with Crippen LogP contribution in [0.1, 0.15) is 24.5 Å². The van der Waals surface area contributed by atoms with Gasteiger partial charge < -0.3 is 10.1 Å². The topological polar surface area (TPSA) is 75.7 Å². The number of halogens is 3. The fourth-order valence-corrected chi connectivity index (χ4v) is 4.36. The van der Waals surface area contributed by atoms with Gasteiger partial charge in [0.05, 0.1) is 30.7 Å². The molecule has 0 fully saturated rings. The van der Waals surface area contributed by atoms with E-state index in [1.54, 1.807) is 31.2 Å². The first kappa shape index (κ1) is 23.7. The summed E-state index contributed by atoms with van der Waals surface area (Å²) in [6.07, 6.45) is -4.14. The van der Waals surface area contributed by atoms with Crippen molar-refractivity contribution in [2.75, 3.05) is 25.5 Å². The minimum atomic E-state index is -4.57. The van der Waals surface area contributed by atoms with Crippen molar-refractivity contribution >= 4 is 21.6 Å². The first-order valence-electron chi connectivity index (χ1n) is 9.13. The normalized spacial score (nSPS) is 12.1. The van der Waals surface area contributed by atoms with Gasteiger partial charge in [-0.25, -0.2) is 8.42 Å². The number of amides is 1. The highest BCUT2D eigenvalue weighted by atomic mass is 32.2. The summed E-state index contributed by atoms with van der Waals surface area (Å²) in [5.74, 6) is -0.806. The lowest BCUT2D eigenvalue weighted by Gasteiger charge is -2.22. The predicted molar refractivity (Wildman–Crippen MR) is 108 cm³/mol. The fourth-order valence-electron chi connectivity index (χ4n) is 2.80. The summed E-state index contributed by atoms with van der Waals surface area (Å²) in [6, 6.07) is 10.8. The van der Waals surface area contributed by atoms with E-state index in [-0.39, 0.29) is 12.1 Å². The summed E-state index contributed by atoms with van der Waals surface area (Å²) in [5.41, 5.74) is -0.543. The van der Waals surface area contributed by atoms with E-state index in [4.69, 9.17) is 4.74 Å². The zero-order chi connectivity index (χ0) is 22.4. The van der Waals surface area contributed by atoms with Crippen LogP contribution in [0.3, 0.4) is 0 Å². The molecule has 2 aromatic rings. The van der Waals surface area contributed by atoms with E-state index in [0.29, 0.717) is 17.9 Å². The summed E-state index contributed by atoms with van der Waals surface area (Å²) in [7, 11) is -2.59. The SMILES string of the molecule is CCCN(CC(=O)Nc1ccccc1OC)S(=O)(=O)Cc1cccc(C(F)(F)F)c1. The smallest absolute Gasteiger partial charge is 0.416 e. The first-order valence-corrected chi connectivity index (χ1v) is 10.7. The number of alkyl halides is 3. The Bertz CT molecular complexity index is 978. The number of benzene rings is 2. The number of hydrogen-bond acceptors (Lipinski definition) is 4. The maximum Gasteiger partial charge on any atom is 0.416 e. The van der Waals surface area contributed by atoms with Crippen molar-refractivity contribution in [2.45, 2.75) is 25.3 Å². The Kier molecular flexibility index (Phi) is 7.85. The van der Waals surface area contributed by atoms with E-state index in [1.165, 1.54) is 13.2 Å². The Morgan fingerprint density at radius 2 is 1.83 bits per heavy atom. The summed E-state index contributed by atoms with van der Waals surface area (Å²) < 4.78 is 70.4. The van der Waals surface area contributed by atoms with Crippen LogP contribution in [0.15, 0.2) is 48.5 Å². The van der Waals surface area contributed by atoms with Crippen LogP contribution in [0.5, 0.6) is 5.75 Å². The second-order valence-electron chi connectivity index (χ2n) is 6.54. The third-order valence-corrected chi connectivity index (χ3v) is 5.97. The molecule has 0 unspecified atom stereocenters. The maximum atomic E-state index is 12.9. The summed E-state index contributed by atoms with van der Waals surface area (Å²) in [5, 5.41) is 2.60. The second kappa shape index (κ2) is 9.94. The Morgan fingerprint density at radius 3 is 2.47 bits per heavy atom. The molecular formula is C20H23F3N2O4S. The lowest BCUT2D eigenvalue weighted by Crippen LogP contribution is -2.39. The molecule has 0 aromatic heterocycles. The molecule has 10 heteroatoms. The molecule has 0 aliphatic heterocycles. The third kappa shape index (κ3) is 6.46. The minimum Gasteiger partial charge on any atom is -0.495 e. The molecule has 0 aliphatic rings. The highest BCUT2D eigenvalue weighted by Crippen LogP contribution is 2.30. The second-order valence-corrected chi connectivity index (χ2v) is 8.51. The highest BCUT2D eigenvalue weighted by Gasteiger charge is 2.31. The fraction of sp³-hybridized carbons (Fsp3) is 0.350. The van der Waals surface area contributed by atoms with Crippen molar-refractivity contribution in [3.05, 3.63) is 59.7 Å². The number of nitrogens with zero attached hydrogens (tertiary/aromatic N) is 1. The van der Waals surface area contributed by atoms with Crippen molar-refractivity contribution in [3.63, 3.8) is 0 Å². The lowest BCUT2D eigenvalue weighted by atomic mass is 10.1. The van der Waals surface area contributed by atoms with Crippen LogP contribution < -0.4 is 10.1 Å². The van der Waals surface area contributed by atoms with Crippen molar-refractivity contribution in [3.8, 4) is 5.75 Å². The molecule has 0 aliphatic carbocycles. The van der Waals surface area contributed by atoms with Crippen molar-refractivity contribution in [1.82, 2.24) is 4.31 Å². The van der Waals surface area contributed by atoms with Gasteiger partial charge in [-0.2, -0.15) is 17.5 Å². The summed E-state index contributed by atoms with van der Waals surface area (Å²) in [6.45, 7) is 1.33. The highest BCUT2D eigenvalue weighted by molar-refractivity contribution is 7.88. The molecule has 0 saturated heterocycles. The predicted octanol–water partition coefficient (Wildman–Crippen LogP) is 3.89. The van der Waals surface area contributed by atoms with E-state index >= 15 is 0 Å². The Balaban J connectivity index is 2.17. The number of rotatable bonds is 9. The number of sulfonamides is 1. The largest absolute Gasteiger partial charge is 0.495 e. The molecule has 164 valence electrons. The monoisotopic (exact) mass is 444 g/mol. The molecule has 2 aromatic carbocycles. The van der Waals surface area contributed by atoms with Gasteiger partial charge in [-0.15, -0.1) is 0 Å². The van der Waals surface area contributed by atoms with Crippen LogP contribution in [-0.4, -0.2) is 38.8 Å². The standard InChI is InChI=1S/C20H23F3N2O4S/c1-3-11-25(13-19(26)24-17-9-4-5-10-18(17)29-2)30(27,28)14-15-7-6-8-16(12-15)20(21,22)23/h4-10,12H,3,11,13-14H2,1-2H3,(H,24,26). The Hall–Kier alpha value is -2.59. The van der Waals surface area contributed by atoms with Crippen LogP contribution in [0, 0.1) is 0 Å². The molecule has 0 bridgehead atoms. The average Bonchev–Trinajstić information content (AvgIpc) is 2.67. The summed E-state index contributed by atoms with van der Waals surface area (Å²) in [4.78, 5) is 12.4. The van der Waals surface area contributed by atoms with Crippen molar-refractivity contribution < 1.29 is 31.1 Å². The van der Waals surface area contributed by atoms with Crippen LogP contribution >= 0.6 is 0 Å². The van der Waals surface area contributed by atoms with Crippen LogP contribution in [-0.2, 0) is 26.7 Å². The van der Waals surface area contributed by atoms with Gasteiger partial charge in [0.2, 0.25) is 15.9 Å². The number of nitrogens with one attached hydrogen (secondary N) is 1. The molecule has 0 heterocycles. The van der Waals surface area contributed by atoms with Crippen LogP contribution in [0.25, 0.3) is 0 Å². The number of hydrogen-bond donors (Lipinski definition) is 1. The molecule has 6 nitrogen and oxygen atoms in total. The van der Waals surface area contributed by atoms with Crippen LogP contribution in [0.4, 0.5) is 18.9 Å². The zero-order valence-electron chi connectivity index (χ0n) is 16.6. The van der Waals surface area contributed by atoms with Crippen molar-refractivity contribution in [2.24, 2.45) is 0 Å². The lowest BCUT2D eigenvalue weighted by molar-refractivity contribution is -0.137. The van der Waals surface area contributed by atoms with Gasteiger partial charge >= 0.3 is 6.18 Å². The average molecular weight is 444 g/mol. The van der Waals surface area contributed by atoms with E-state index in [0.717, 1.165) is 22.5 Å². The van der Waals surface area contributed by atoms with E-state index in [1.807, 2.05) is 0 Å². The van der Waals surface area contributed by atoms with E-state index in [9.17, 15) is 26.4 Å². The van der Waals surface area contributed by atoms with Gasteiger partial charge in [-0.05, 0) is 30.2 Å². The zero-order valence-corrected chi connectivity index (χ0v) is 17.4.